The molecule has 6 nitrogen and oxygen atoms in total. The zero-order valence-corrected chi connectivity index (χ0v) is 17.5. The highest BCUT2D eigenvalue weighted by Gasteiger charge is 2.24. The molecular formula is C23H29N3O3. The molecule has 0 aliphatic heterocycles. The molecule has 0 spiro atoms. The number of carbonyl (C=O) groups is 3. The third kappa shape index (κ3) is 6.26. The predicted octanol–water partition coefficient (Wildman–Crippen LogP) is 3.88. The predicted molar refractivity (Wildman–Crippen MR) is 116 cm³/mol. The van der Waals surface area contributed by atoms with Crippen LogP contribution in [0, 0.1) is 6.92 Å². The van der Waals surface area contributed by atoms with Crippen molar-refractivity contribution in [3.8, 4) is 0 Å². The van der Waals surface area contributed by atoms with Crippen molar-refractivity contribution >= 4 is 29.0 Å². The van der Waals surface area contributed by atoms with E-state index in [0.717, 1.165) is 17.7 Å². The number of benzene rings is 2. The Balaban J connectivity index is 2.07. The van der Waals surface area contributed by atoms with E-state index in [9.17, 15) is 14.4 Å². The molecule has 0 heterocycles. The van der Waals surface area contributed by atoms with Crippen molar-refractivity contribution in [2.45, 2.75) is 40.2 Å². The van der Waals surface area contributed by atoms with Crippen molar-refractivity contribution in [3.63, 3.8) is 0 Å². The first-order valence-electron chi connectivity index (χ1n) is 9.83. The third-order valence-electron chi connectivity index (χ3n) is 4.77. The molecule has 2 rings (SSSR count). The maximum atomic E-state index is 12.8. The summed E-state index contributed by atoms with van der Waals surface area (Å²) in [5, 5.41) is 5.74. The lowest BCUT2D eigenvalue weighted by atomic mass is 10.1. The zero-order valence-electron chi connectivity index (χ0n) is 17.5. The van der Waals surface area contributed by atoms with Crippen LogP contribution in [0.3, 0.4) is 0 Å². The van der Waals surface area contributed by atoms with Gasteiger partial charge in [-0.3, -0.25) is 19.3 Å². The lowest BCUT2D eigenvalue weighted by Crippen LogP contribution is -2.46. The average Bonchev–Trinajstić information content (AvgIpc) is 2.69. The van der Waals surface area contributed by atoms with Crippen molar-refractivity contribution in [1.29, 1.82) is 0 Å². The van der Waals surface area contributed by atoms with Gasteiger partial charge in [0.15, 0.2) is 5.78 Å². The highest BCUT2D eigenvalue weighted by molar-refractivity contribution is 6.04. The molecule has 1 unspecified atom stereocenters. The molecule has 0 aliphatic rings. The number of Topliss-reactive ketones (excluding diaryl/α,β-unsaturated/α-hetero) is 1. The van der Waals surface area contributed by atoms with Gasteiger partial charge in [0, 0.05) is 11.3 Å². The van der Waals surface area contributed by atoms with Gasteiger partial charge in [0.05, 0.1) is 18.3 Å². The summed E-state index contributed by atoms with van der Waals surface area (Å²) in [5.41, 5.74) is 2.70. The number of rotatable bonds is 9. The van der Waals surface area contributed by atoms with E-state index in [4.69, 9.17) is 0 Å². The van der Waals surface area contributed by atoms with Gasteiger partial charge < -0.3 is 10.6 Å². The Morgan fingerprint density at radius 3 is 2.21 bits per heavy atom. The molecule has 154 valence electrons. The first kappa shape index (κ1) is 22.3. The van der Waals surface area contributed by atoms with E-state index in [-0.39, 0.29) is 24.1 Å². The molecule has 0 saturated carbocycles. The number of ketones is 1. The van der Waals surface area contributed by atoms with E-state index in [1.807, 2.05) is 43.0 Å². The summed E-state index contributed by atoms with van der Waals surface area (Å²) < 4.78 is 0. The van der Waals surface area contributed by atoms with Crippen molar-refractivity contribution in [3.05, 3.63) is 59.7 Å². The molecule has 2 amide bonds. The number of para-hydroxylation sites is 2. The summed E-state index contributed by atoms with van der Waals surface area (Å²) in [6.45, 7) is 7.87. The van der Waals surface area contributed by atoms with E-state index in [1.165, 1.54) is 6.92 Å². The van der Waals surface area contributed by atoms with Crippen molar-refractivity contribution in [2.75, 3.05) is 23.7 Å². The van der Waals surface area contributed by atoms with E-state index in [2.05, 4.69) is 10.6 Å². The van der Waals surface area contributed by atoms with Crippen molar-refractivity contribution < 1.29 is 14.4 Å². The first-order chi connectivity index (χ1) is 13.8. The zero-order chi connectivity index (χ0) is 21.4. The van der Waals surface area contributed by atoms with Crippen LogP contribution >= 0.6 is 0 Å². The molecule has 2 aromatic rings. The van der Waals surface area contributed by atoms with E-state index >= 15 is 0 Å². The average molecular weight is 396 g/mol. The van der Waals surface area contributed by atoms with Gasteiger partial charge >= 0.3 is 0 Å². The van der Waals surface area contributed by atoms with Crippen LogP contribution < -0.4 is 10.6 Å². The summed E-state index contributed by atoms with van der Waals surface area (Å²) >= 11 is 0. The lowest BCUT2D eigenvalue weighted by Gasteiger charge is -2.27. The van der Waals surface area contributed by atoms with Crippen molar-refractivity contribution in [2.24, 2.45) is 0 Å². The van der Waals surface area contributed by atoms with E-state index < -0.39 is 6.04 Å². The van der Waals surface area contributed by atoms with Gasteiger partial charge in [-0.15, -0.1) is 0 Å². The van der Waals surface area contributed by atoms with Crippen LogP contribution in [0.5, 0.6) is 0 Å². The molecule has 0 aromatic heterocycles. The molecule has 1 atom stereocenters. The van der Waals surface area contributed by atoms with Crippen LogP contribution in [0.4, 0.5) is 11.4 Å². The first-order valence-corrected chi connectivity index (χ1v) is 9.83. The number of nitrogens with zero attached hydrogens (tertiary/aromatic N) is 1. The number of amides is 2. The quantitative estimate of drug-likeness (QED) is 0.632. The highest BCUT2D eigenvalue weighted by Crippen LogP contribution is 2.17. The summed E-state index contributed by atoms with van der Waals surface area (Å²) in [7, 11) is 0. The number of aryl methyl sites for hydroxylation is 1. The molecule has 2 N–H and O–H groups in total. The molecule has 29 heavy (non-hydrogen) atoms. The Morgan fingerprint density at radius 1 is 0.966 bits per heavy atom. The van der Waals surface area contributed by atoms with E-state index in [0.29, 0.717) is 17.8 Å². The van der Waals surface area contributed by atoms with E-state index in [1.54, 1.807) is 31.2 Å². The summed E-state index contributed by atoms with van der Waals surface area (Å²) in [5.74, 6) is -0.538. The van der Waals surface area contributed by atoms with Gasteiger partial charge in [-0.1, -0.05) is 37.3 Å². The lowest BCUT2D eigenvalue weighted by molar-refractivity contribution is -0.123. The molecule has 6 heteroatoms. The monoisotopic (exact) mass is 395 g/mol. The van der Waals surface area contributed by atoms with Gasteiger partial charge in [-0.05, 0) is 57.5 Å². The Morgan fingerprint density at radius 2 is 1.59 bits per heavy atom. The molecule has 0 bridgehead atoms. The Hall–Kier alpha value is -2.99. The number of hydrogen-bond donors (Lipinski definition) is 2. The Kier molecular flexibility index (Phi) is 8.09. The van der Waals surface area contributed by atoms with Gasteiger partial charge in [-0.2, -0.15) is 0 Å². The molecule has 0 aliphatic carbocycles. The third-order valence-corrected chi connectivity index (χ3v) is 4.77. The maximum absolute atomic E-state index is 12.8. The maximum Gasteiger partial charge on any atom is 0.241 e. The molecule has 0 saturated heterocycles. The van der Waals surface area contributed by atoms with Gasteiger partial charge in [0.1, 0.15) is 0 Å². The van der Waals surface area contributed by atoms with Crippen LogP contribution in [-0.4, -0.2) is 41.6 Å². The number of nitrogens with one attached hydrogen (secondary N) is 2. The second kappa shape index (κ2) is 10.5. The fourth-order valence-electron chi connectivity index (χ4n) is 3.09. The molecule has 0 fully saturated rings. The number of anilines is 2. The van der Waals surface area contributed by atoms with Gasteiger partial charge in [0.25, 0.3) is 0 Å². The van der Waals surface area contributed by atoms with Crippen LogP contribution in [0.25, 0.3) is 0 Å². The minimum Gasteiger partial charge on any atom is -0.325 e. The largest absolute Gasteiger partial charge is 0.325 e. The Labute approximate surface area is 172 Å². The molecular weight excluding hydrogens is 366 g/mol. The number of hydrogen-bond acceptors (Lipinski definition) is 4. The number of carbonyl (C=O) groups excluding carboxylic acids is 3. The standard InChI is InChI=1S/C23H29N3O3/c1-5-14-26(15-22(28)24-20-12-8-6-10-16(20)2)17(3)23(29)25-21-13-9-7-11-19(21)18(4)27/h6-13,17H,5,14-15H2,1-4H3,(H,24,28)(H,25,29). The molecule has 2 aromatic carbocycles. The molecule has 0 radical (unpaired) electrons. The van der Waals surface area contributed by atoms with Gasteiger partial charge in [-0.25, -0.2) is 0 Å². The summed E-state index contributed by atoms with van der Waals surface area (Å²) in [6.07, 6.45) is 0.805. The fraction of sp³-hybridized carbons (Fsp3) is 0.348. The topological polar surface area (TPSA) is 78.5 Å². The Bertz CT molecular complexity index is 879. The summed E-state index contributed by atoms with van der Waals surface area (Å²) in [4.78, 5) is 39.0. The minimum atomic E-state index is -0.530. The minimum absolute atomic E-state index is 0.102. The second-order valence-electron chi connectivity index (χ2n) is 7.10. The van der Waals surface area contributed by atoms with Crippen molar-refractivity contribution in [1.82, 2.24) is 4.90 Å². The fourth-order valence-corrected chi connectivity index (χ4v) is 3.09. The van der Waals surface area contributed by atoms with Crippen LogP contribution in [-0.2, 0) is 9.59 Å². The van der Waals surface area contributed by atoms with Gasteiger partial charge in [0.2, 0.25) is 11.8 Å². The summed E-state index contributed by atoms with van der Waals surface area (Å²) in [6, 6.07) is 14.0. The second-order valence-corrected chi connectivity index (χ2v) is 7.10. The van der Waals surface area contributed by atoms with Crippen LogP contribution in [0.15, 0.2) is 48.5 Å². The normalized spacial score (nSPS) is 11.8. The highest BCUT2D eigenvalue weighted by atomic mass is 16.2. The SMILES string of the molecule is CCCN(CC(=O)Nc1ccccc1C)C(C)C(=O)Nc1ccccc1C(C)=O. The smallest absolute Gasteiger partial charge is 0.241 e. The van der Waals surface area contributed by atoms with Crippen LogP contribution in [0.1, 0.15) is 43.1 Å². The van der Waals surface area contributed by atoms with Crippen LogP contribution in [0.2, 0.25) is 0 Å².